The van der Waals surface area contributed by atoms with Gasteiger partial charge in [-0.3, -0.25) is 0 Å². The number of allylic oxidation sites excluding steroid dienone is 1. The van der Waals surface area contributed by atoms with Crippen LogP contribution < -0.4 is 0 Å². The van der Waals surface area contributed by atoms with Gasteiger partial charge in [0.2, 0.25) is 0 Å². The molecule has 1 heterocycles. The second-order valence-electron chi connectivity index (χ2n) is 3.51. The molecule has 0 radical (unpaired) electrons. The van der Waals surface area contributed by atoms with Crippen LogP contribution in [0.5, 0.6) is 0 Å². The molecule has 0 spiro atoms. The monoisotopic (exact) mass is 280 g/mol. The molecule has 12 heavy (non-hydrogen) atoms. The van der Waals surface area contributed by atoms with E-state index in [0.717, 1.165) is 6.61 Å². The minimum atomic E-state index is -0.694. The summed E-state index contributed by atoms with van der Waals surface area (Å²) in [6, 6.07) is 0. The second kappa shape index (κ2) is 4.09. The number of ether oxygens (including phenoxy) is 1. The van der Waals surface area contributed by atoms with E-state index in [0.29, 0.717) is 6.10 Å². The summed E-state index contributed by atoms with van der Waals surface area (Å²) in [5.41, 5.74) is 0. The van der Waals surface area contributed by atoms with Crippen molar-refractivity contribution in [2.75, 3.05) is 16.0 Å². The van der Waals surface area contributed by atoms with Crippen LogP contribution in [0.2, 0.25) is 0 Å². The molecule has 1 aliphatic carbocycles. The Balaban J connectivity index is 2.12. The van der Waals surface area contributed by atoms with Crippen LogP contribution in [0.1, 0.15) is 25.7 Å². The minimum absolute atomic E-state index is 0.552. The maximum atomic E-state index is 5.80. The first kappa shape index (κ1) is 9.00. The Labute approximate surface area is 81.9 Å². The van der Waals surface area contributed by atoms with Gasteiger partial charge >= 0.3 is 82.0 Å². The predicted molar refractivity (Wildman–Crippen MR) is 61.1 cm³/mol. The summed E-state index contributed by atoms with van der Waals surface area (Å²) in [5, 5.41) is 0. The van der Waals surface area contributed by atoms with Crippen molar-refractivity contribution in [2.45, 2.75) is 31.8 Å². The molecule has 2 heteroatoms. The van der Waals surface area contributed by atoms with Crippen LogP contribution in [0, 0.1) is 0 Å². The Morgan fingerprint density at radius 1 is 1.50 bits per heavy atom. The number of hydrogen-bond acceptors (Lipinski definition) is 1. The summed E-state index contributed by atoms with van der Waals surface area (Å²) in [4.78, 5) is 2.50. The van der Waals surface area contributed by atoms with Crippen LogP contribution >= 0.6 is 19.8 Å². The molecule has 70 valence electrons. The fourth-order valence-electron chi connectivity index (χ4n) is 1.90. The third-order valence-corrected chi connectivity index (χ3v) is 7.94. The predicted octanol–water partition coefficient (Wildman–Crippen LogP) is 2.98. The Morgan fingerprint density at radius 2 is 2.42 bits per heavy atom. The van der Waals surface area contributed by atoms with Gasteiger partial charge < -0.3 is 0 Å². The molecule has 0 aromatic carbocycles. The molecule has 1 aliphatic heterocycles. The first-order valence-electron chi connectivity index (χ1n) is 4.75. The summed E-state index contributed by atoms with van der Waals surface area (Å²) in [5.74, 6) is 0. The molecule has 0 aromatic rings. The van der Waals surface area contributed by atoms with Gasteiger partial charge in [-0.15, -0.1) is 0 Å². The van der Waals surface area contributed by atoms with Crippen molar-refractivity contribution in [3.63, 3.8) is 0 Å². The fraction of sp³-hybridized carbons (Fsp3) is 0.800. The van der Waals surface area contributed by atoms with Crippen molar-refractivity contribution in [1.82, 2.24) is 0 Å². The van der Waals surface area contributed by atoms with Crippen molar-refractivity contribution >= 4 is 19.8 Å². The standard InChI is InChI=1S/C10H17IO/c1-11-7-8-12-10-6-4-2-3-5-9(10)11/h5,10H,2-4,6-8H2,1H3. The quantitative estimate of drug-likeness (QED) is 0.489. The van der Waals surface area contributed by atoms with Gasteiger partial charge in [-0.05, 0) is 0 Å². The molecule has 1 unspecified atom stereocenters. The van der Waals surface area contributed by atoms with Gasteiger partial charge in [0.1, 0.15) is 0 Å². The van der Waals surface area contributed by atoms with Crippen molar-refractivity contribution in [3.05, 3.63) is 9.66 Å². The molecule has 1 nitrogen and oxygen atoms in total. The van der Waals surface area contributed by atoms with Crippen LogP contribution in [-0.4, -0.2) is 22.1 Å². The summed E-state index contributed by atoms with van der Waals surface area (Å²) >= 11 is -0.694. The summed E-state index contributed by atoms with van der Waals surface area (Å²) in [6.45, 7) is 1.04. The Bertz CT molecular complexity index is 188. The zero-order valence-corrected chi connectivity index (χ0v) is 9.84. The van der Waals surface area contributed by atoms with E-state index in [9.17, 15) is 0 Å². The third-order valence-electron chi connectivity index (χ3n) is 2.62. The molecule has 0 amide bonds. The van der Waals surface area contributed by atoms with Crippen LogP contribution in [0.15, 0.2) is 9.66 Å². The summed E-state index contributed by atoms with van der Waals surface area (Å²) < 4.78 is 8.94. The number of hydrogen-bond donors (Lipinski definition) is 0. The van der Waals surface area contributed by atoms with Crippen LogP contribution in [-0.2, 0) is 4.74 Å². The molecule has 1 fully saturated rings. The van der Waals surface area contributed by atoms with Gasteiger partial charge in [0.25, 0.3) is 0 Å². The molecule has 0 bridgehead atoms. The van der Waals surface area contributed by atoms with E-state index in [1.807, 2.05) is 0 Å². The van der Waals surface area contributed by atoms with Gasteiger partial charge in [0, 0.05) is 0 Å². The second-order valence-corrected chi connectivity index (χ2v) is 9.20. The van der Waals surface area contributed by atoms with E-state index in [-0.39, 0.29) is 0 Å². The summed E-state index contributed by atoms with van der Waals surface area (Å²) in [7, 11) is 0. The number of fused-ring (bicyclic) bond motifs is 1. The molecule has 0 aromatic heterocycles. The fourth-order valence-corrected chi connectivity index (χ4v) is 6.18. The van der Waals surface area contributed by atoms with Gasteiger partial charge in [-0.2, -0.15) is 0 Å². The molecule has 1 saturated heterocycles. The average Bonchev–Trinajstić information content (AvgIpc) is 2.30. The van der Waals surface area contributed by atoms with Gasteiger partial charge in [0.05, 0.1) is 0 Å². The van der Waals surface area contributed by atoms with Crippen molar-refractivity contribution < 1.29 is 4.74 Å². The summed E-state index contributed by atoms with van der Waals surface area (Å²) in [6.07, 6.45) is 8.42. The first-order valence-corrected chi connectivity index (χ1v) is 9.51. The van der Waals surface area contributed by atoms with E-state index in [1.54, 1.807) is 3.58 Å². The zero-order valence-electron chi connectivity index (χ0n) is 7.68. The topological polar surface area (TPSA) is 9.23 Å². The van der Waals surface area contributed by atoms with Gasteiger partial charge in [0.15, 0.2) is 0 Å². The van der Waals surface area contributed by atoms with Crippen LogP contribution in [0.25, 0.3) is 0 Å². The molecule has 2 rings (SSSR count). The molecular formula is C10H17IO. The van der Waals surface area contributed by atoms with Crippen molar-refractivity contribution in [3.8, 4) is 0 Å². The first-order chi connectivity index (χ1) is 5.88. The number of halogens is 1. The number of rotatable bonds is 0. The Kier molecular flexibility index (Phi) is 3.07. The molecular weight excluding hydrogens is 263 g/mol. The van der Waals surface area contributed by atoms with E-state index >= 15 is 0 Å². The maximum absolute atomic E-state index is 5.80. The van der Waals surface area contributed by atoms with Gasteiger partial charge in [-0.1, -0.05) is 0 Å². The van der Waals surface area contributed by atoms with Gasteiger partial charge in [-0.25, -0.2) is 0 Å². The van der Waals surface area contributed by atoms with Crippen molar-refractivity contribution in [2.24, 2.45) is 0 Å². The molecule has 0 N–H and O–H groups in total. The van der Waals surface area contributed by atoms with Crippen LogP contribution in [0.3, 0.4) is 0 Å². The van der Waals surface area contributed by atoms with E-state index in [1.165, 1.54) is 30.1 Å². The normalized spacial score (nSPS) is 33.6. The Morgan fingerprint density at radius 3 is 3.33 bits per heavy atom. The van der Waals surface area contributed by atoms with E-state index in [2.05, 4.69) is 11.0 Å². The third kappa shape index (κ3) is 1.84. The SMILES string of the molecule is CI1CCOC2CCCCC=C21. The average molecular weight is 280 g/mol. The molecule has 2 aliphatic rings. The molecule has 0 saturated carbocycles. The zero-order chi connectivity index (χ0) is 8.39. The number of alkyl halides is 2. The van der Waals surface area contributed by atoms with E-state index < -0.39 is 19.8 Å². The molecule has 1 atom stereocenters. The van der Waals surface area contributed by atoms with Crippen LogP contribution in [0.4, 0.5) is 0 Å². The Hall–Kier alpha value is 0.430. The van der Waals surface area contributed by atoms with E-state index in [4.69, 9.17) is 4.74 Å². The van der Waals surface area contributed by atoms with Crippen molar-refractivity contribution in [1.29, 1.82) is 0 Å².